The molecule has 0 aliphatic carbocycles. The van der Waals surface area contributed by atoms with Crippen LogP contribution in [0.1, 0.15) is 11.3 Å². The fourth-order valence-corrected chi connectivity index (χ4v) is 2.08. The van der Waals surface area contributed by atoms with Gasteiger partial charge in [0.15, 0.2) is 6.10 Å². The summed E-state index contributed by atoms with van der Waals surface area (Å²) in [4.78, 5) is 28.7. The van der Waals surface area contributed by atoms with Gasteiger partial charge in [-0.25, -0.2) is 4.79 Å². The zero-order chi connectivity index (χ0) is 14.9. The Bertz CT molecular complexity index is 593. The summed E-state index contributed by atoms with van der Waals surface area (Å²) >= 11 is 0. The molecule has 1 aliphatic heterocycles. The van der Waals surface area contributed by atoms with E-state index in [2.05, 4.69) is 14.7 Å². The number of aromatic amines is 2. The highest BCUT2D eigenvalue weighted by molar-refractivity contribution is 5.14. The molecule has 0 saturated carbocycles. The van der Waals surface area contributed by atoms with E-state index in [0.717, 1.165) is 0 Å². The number of ether oxygens (including phenoxy) is 1. The molecule has 1 saturated heterocycles. The minimum absolute atomic E-state index is 0.0356. The predicted octanol–water partition coefficient (Wildman–Crippen LogP) is 0.135. The maximum atomic E-state index is 12.6. The maximum Gasteiger partial charge on any atom is 0.415 e. The van der Waals surface area contributed by atoms with E-state index in [9.17, 15) is 22.8 Å². The molecule has 2 rings (SSSR count). The monoisotopic (exact) mass is 293 g/mol. The van der Waals surface area contributed by atoms with Gasteiger partial charge in [-0.2, -0.15) is 13.2 Å². The van der Waals surface area contributed by atoms with Crippen LogP contribution in [0.2, 0.25) is 0 Å². The van der Waals surface area contributed by atoms with Crippen molar-refractivity contribution >= 4 is 0 Å². The summed E-state index contributed by atoms with van der Waals surface area (Å²) in [6.07, 6.45) is -6.27. The van der Waals surface area contributed by atoms with Crippen LogP contribution in [0.4, 0.5) is 13.2 Å². The van der Waals surface area contributed by atoms with E-state index >= 15 is 0 Å². The van der Waals surface area contributed by atoms with Crippen molar-refractivity contribution in [3.8, 4) is 0 Å². The lowest BCUT2D eigenvalue weighted by Crippen LogP contribution is -2.49. The third-order valence-electron chi connectivity index (χ3n) is 3.15. The van der Waals surface area contributed by atoms with Gasteiger partial charge >= 0.3 is 11.9 Å². The van der Waals surface area contributed by atoms with Gasteiger partial charge in [0.1, 0.15) is 0 Å². The van der Waals surface area contributed by atoms with E-state index in [4.69, 9.17) is 0 Å². The standard InChI is InChI=1S/C11H14F3N3O3/c1-6-7(9(18)16-10(19)15-6)4-17-2-3-20-8(5-17)11(12,13)14/h8H,2-5H2,1H3,(H2,15,16,18,19). The Morgan fingerprint density at radius 1 is 1.35 bits per heavy atom. The maximum absolute atomic E-state index is 12.6. The van der Waals surface area contributed by atoms with Crippen LogP contribution in [0, 0.1) is 6.92 Å². The van der Waals surface area contributed by atoms with Gasteiger partial charge in [0.25, 0.3) is 5.56 Å². The first-order chi connectivity index (χ1) is 9.27. The number of halogens is 3. The third-order valence-corrected chi connectivity index (χ3v) is 3.15. The molecule has 20 heavy (non-hydrogen) atoms. The molecule has 0 aromatic carbocycles. The summed E-state index contributed by atoms with van der Waals surface area (Å²) in [6.45, 7) is 1.48. The second kappa shape index (κ2) is 5.41. The van der Waals surface area contributed by atoms with Gasteiger partial charge in [-0.15, -0.1) is 0 Å². The van der Waals surface area contributed by atoms with Gasteiger partial charge in [0.05, 0.1) is 12.2 Å². The average Bonchev–Trinajstić information content (AvgIpc) is 2.33. The summed E-state index contributed by atoms with van der Waals surface area (Å²) in [7, 11) is 0. The van der Waals surface area contributed by atoms with E-state index in [-0.39, 0.29) is 25.3 Å². The molecule has 0 radical (unpaired) electrons. The van der Waals surface area contributed by atoms with Crippen LogP contribution in [0.15, 0.2) is 9.59 Å². The Labute approximate surface area is 111 Å². The second-order valence-corrected chi connectivity index (χ2v) is 4.65. The zero-order valence-electron chi connectivity index (χ0n) is 10.7. The third kappa shape index (κ3) is 3.28. The Morgan fingerprint density at radius 2 is 2.05 bits per heavy atom. The first kappa shape index (κ1) is 14.8. The number of nitrogens with one attached hydrogen (secondary N) is 2. The largest absolute Gasteiger partial charge is 0.415 e. The lowest BCUT2D eigenvalue weighted by Gasteiger charge is -2.33. The van der Waals surface area contributed by atoms with Crippen molar-refractivity contribution in [3.63, 3.8) is 0 Å². The molecule has 0 spiro atoms. The summed E-state index contributed by atoms with van der Waals surface area (Å²) < 4.78 is 42.5. The summed E-state index contributed by atoms with van der Waals surface area (Å²) in [5.41, 5.74) is -0.603. The Kier molecular flexibility index (Phi) is 4.00. The molecule has 2 N–H and O–H groups in total. The molecule has 1 aliphatic rings. The molecule has 1 aromatic heterocycles. The molecule has 0 bridgehead atoms. The van der Waals surface area contributed by atoms with Gasteiger partial charge in [-0.05, 0) is 6.92 Å². The normalized spacial score (nSPS) is 21.1. The minimum atomic E-state index is -4.43. The van der Waals surface area contributed by atoms with Crippen molar-refractivity contribution in [2.75, 3.05) is 19.7 Å². The lowest BCUT2D eigenvalue weighted by atomic mass is 10.2. The SMILES string of the molecule is Cc1[nH]c(=O)[nH]c(=O)c1CN1CCOC(C(F)(F)F)C1. The Balaban J connectivity index is 2.15. The van der Waals surface area contributed by atoms with E-state index in [1.165, 1.54) is 11.8 Å². The Hall–Kier alpha value is -1.61. The summed E-state index contributed by atoms with van der Waals surface area (Å²) in [5.74, 6) is 0. The fraction of sp³-hybridized carbons (Fsp3) is 0.636. The molecular weight excluding hydrogens is 279 g/mol. The van der Waals surface area contributed by atoms with Crippen LogP contribution >= 0.6 is 0 Å². The number of morpholine rings is 1. The summed E-state index contributed by atoms with van der Waals surface area (Å²) in [6, 6.07) is 0. The van der Waals surface area contributed by atoms with Crippen LogP contribution in [-0.2, 0) is 11.3 Å². The number of aromatic nitrogens is 2. The van der Waals surface area contributed by atoms with Gasteiger partial charge in [0, 0.05) is 25.3 Å². The first-order valence-electron chi connectivity index (χ1n) is 6.00. The highest BCUT2D eigenvalue weighted by Gasteiger charge is 2.43. The molecule has 1 fully saturated rings. The highest BCUT2D eigenvalue weighted by Crippen LogP contribution is 2.26. The van der Waals surface area contributed by atoms with Crippen LogP contribution in [-0.4, -0.2) is 46.8 Å². The number of alkyl halides is 3. The van der Waals surface area contributed by atoms with E-state index in [1.54, 1.807) is 0 Å². The number of H-pyrrole nitrogens is 2. The molecule has 1 aromatic rings. The second-order valence-electron chi connectivity index (χ2n) is 4.65. The van der Waals surface area contributed by atoms with Crippen molar-refractivity contribution < 1.29 is 17.9 Å². The van der Waals surface area contributed by atoms with Crippen molar-refractivity contribution in [3.05, 3.63) is 32.1 Å². The Morgan fingerprint density at radius 3 is 2.65 bits per heavy atom. The smallest absolute Gasteiger partial charge is 0.366 e. The molecular formula is C11H14F3N3O3. The molecule has 6 nitrogen and oxygen atoms in total. The molecule has 1 atom stereocenters. The number of rotatable bonds is 2. The van der Waals surface area contributed by atoms with Crippen molar-refractivity contribution in [1.82, 2.24) is 14.9 Å². The van der Waals surface area contributed by atoms with Crippen LogP contribution in [0.25, 0.3) is 0 Å². The minimum Gasteiger partial charge on any atom is -0.366 e. The van der Waals surface area contributed by atoms with E-state index < -0.39 is 23.5 Å². The van der Waals surface area contributed by atoms with E-state index in [1.807, 2.05) is 0 Å². The molecule has 2 heterocycles. The predicted molar refractivity (Wildman–Crippen MR) is 63.5 cm³/mol. The highest BCUT2D eigenvalue weighted by atomic mass is 19.4. The zero-order valence-corrected chi connectivity index (χ0v) is 10.7. The van der Waals surface area contributed by atoms with Gasteiger partial charge < -0.3 is 9.72 Å². The van der Waals surface area contributed by atoms with Crippen LogP contribution in [0.5, 0.6) is 0 Å². The van der Waals surface area contributed by atoms with E-state index in [0.29, 0.717) is 12.2 Å². The topological polar surface area (TPSA) is 78.2 Å². The molecule has 1 unspecified atom stereocenters. The molecule has 9 heteroatoms. The molecule has 0 amide bonds. The van der Waals surface area contributed by atoms with Crippen LogP contribution in [0.3, 0.4) is 0 Å². The average molecular weight is 293 g/mol. The van der Waals surface area contributed by atoms with Gasteiger partial charge in [0.2, 0.25) is 0 Å². The van der Waals surface area contributed by atoms with Crippen molar-refractivity contribution in [2.45, 2.75) is 25.7 Å². The number of hydrogen-bond acceptors (Lipinski definition) is 4. The van der Waals surface area contributed by atoms with Gasteiger partial charge in [-0.1, -0.05) is 0 Å². The summed E-state index contributed by atoms with van der Waals surface area (Å²) in [5, 5.41) is 0. The fourth-order valence-electron chi connectivity index (χ4n) is 2.08. The first-order valence-corrected chi connectivity index (χ1v) is 6.00. The number of nitrogens with zero attached hydrogens (tertiary/aromatic N) is 1. The van der Waals surface area contributed by atoms with Crippen molar-refractivity contribution in [1.29, 1.82) is 0 Å². The van der Waals surface area contributed by atoms with Crippen LogP contribution < -0.4 is 11.2 Å². The number of aryl methyl sites for hydroxylation is 1. The van der Waals surface area contributed by atoms with Gasteiger partial charge in [-0.3, -0.25) is 14.7 Å². The number of hydrogen-bond donors (Lipinski definition) is 2. The molecule has 112 valence electrons. The quantitative estimate of drug-likeness (QED) is 0.813. The lowest BCUT2D eigenvalue weighted by molar-refractivity contribution is -0.237. The van der Waals surface area contributed by atoms with Crippen molar-refractivity contribution in [2.24, 2.45) is 0 Å².